The maximum Gasteiger partial charge on any atom is 0.272 e. The van der Waals surface area contributed by atoms with Crippen molar-refractivity contribution in [3.63, 3.8) is 0 Å². The number of carbonyl (C=O) groups excluding carboxylic acids is 1. The van der Waals surface area contributed by atoms with Gasteiger partial charge in [-0.3, -0.25) is 4.79 Å². The molecule has 1 aliphatic rings. The summed E-state index contributed by atoms with van der Waals surface area (Å²) >= 11 is 0. The monoisotopic (exact) mass is 369 g/mol. The van der Waals surface area contributed by atoms with Gasteiger partial charge >= 0.3 is 0 Å². The Bertz CT molecular complexity index is 777. The summed E-state index contributed by atoms with van der Waals surface area (Å²) in [6.07, 6.45) is 6.03. The molecule has 1 atom stereocenters. The van der Waals surface area contributed by atoms with Crippen LogP contribution in [0.1, 0.15) is 43.1 Å². The number of rotatable bonds is 6. The number of nitrogens with zero attached hydrogens (tertiary/aromatic N) is 2. The van der Waals surface area contributed by atoms with Gasteiger partial charge < -0.3 is 19.7 Å². The van der Waals surface area contributed by atoms with Crippen LogP contribution >= 0.6 is 0 Å². The Hall–Kier alpha value is -2.76. The average molecular weight is 369 g/mol. The number of anilines is 2. The number of hydrogen-bond donors (Lipinski definition) is 1. The number of aromatic nitrogens is 1. The minimum atomic E-state index is 0.0271. The van der Waals surface area contributed by atoms with E-state index in [2.05, 4.69) is 17.2 Å². The van der Waals surface area contributed by atoms with Crippen LogP contribution in [-0.4, -0.2) is 42.6 Å². The van der Waals surface area contributed by atoms with E-state index in [0.29, 0.717) is 23.2 Å². The molecule has 1 aromatic carbocycles. The summed E-state index contributed by atoms with van der Waals surface area (Å²) in [6, 6.07) is 9.59. The van der Waals surface area contributed by atoms with E-state index in [4.69, 9.17) is 9.47 Å². The SMILES string of the molecule is CCC1CCCCN1C(=O)c1ccc(Nc2ccc(OC)c(OC)c2)cn1. The van der Waals surface area contributed by atoms with Gasteiger partial charge in [0.2, 0.25) is 0 Å². The molecule has 0 radical (unpaired) electrons. The fourth-order valence-electron chi connectivity index (χ4n) is 3.51. The first-order valence-electron chi connectivity index (χ1n) is 9.42. The van der Waals surface area contributed by atoms with Crippen LogP contribution in [0.15, 0.2) is 36.5 Å². The summed E-state index contributed by atoms with van der Waals surface area (Å²) in [5.74, 6) is 1.35. The van der Waals surface area contributed by atoms with Crippen molar-refractivity contribution < 1.29 is 14.3 Å². The van der Waals surface area contributed by atoms with E-state index < -0.39 is 0 Å². The third kappa shape index (κ3) is 4.32. The molecule has 1 fully saturated rings. The molecule has 1 aromatic heterocycles. The van der Waals surface area contributed by atoms with E-state index in [1.807, 2.05) is 29.2 Å². The van der Waals surface area contributed by atoms with Crippen LogP contribution in [0.2, 0.25) is 0 Å². The quantitative estimate of drug-likeness (QED) is 0.825. The molecule has 1 saturated heterocycles. The highest BCUT2D eigenvalue weighted by Crippen LogP contribution is 2.31. The lowest BCUT2D eigenvalue weighted by molar-refractivity contribution is 0.0602. The lowest BCUT2D eigenvalue weighted by atomic mass is 9.99. The first-order valence-corrected chi connectivity index (χ1v) is 9.42. The Morgan fingerprint density at radius 1 is 1.15 bits per heavy atom. The molecule has 6 heteroatoms. The molecule has 1 aliphatic heterocycles. The minimum Gasteiger partial charge on any atom is -0.493 e. The smallest absolute Gasteiger partial charge is 0.272 e. The van der Waals surface area contributed by atoms with Crippen molar-refractivity contribution in [2.24, 2.45) is 0 Å². The molecule has 0 aliphatic carbocycles. The first-order chi connectivity index (χ1) is 13.2. The van der Waals surface area contributed by atoms with Crippen molar-refractivity contribution in [3.8, 4) is 11.5 Å². The third-order valence-electron chi connectivity index (χ3n) is 5.01. The molecule has 1 amide bonds. The maximum absolute atomic E-state index is 12.8. The molecule has 144 valence electrons. The predicted molar refractivity (Wildman–Crippen MR) is 106 cm³/mol. The van der Waals surface area contributed by atoms with E-state index in [1.165, 1.54) is 6.42 Å². The summed E-state index contributed by atoms with van der Waals surface area (Å²) in [5.41, 5.74) is 2.16. The average Bonchev–Trinajstić information content (AvgIpc) is 2.73. The van der Waals surface area contributed by atoms with Gasteiger partial charge in [0.1, 0.15) is 5.69 Å². The van der Waals surface area contributed by atoms with E-state index in [9.17, 15) is 4.79 Å². The molecule has 1 unspecified atom stereocenters. The summed E-state index contributed by atoms with van der Waals surface area (Å²) in [7, 11) is 3.21. The molecule has 27 heavy (non-hydrogen) atoms. The van der Waals surface area contributed by atoms with Gasteiger partial charge in [0.05, 0.1) is 26.1 Å². The molecule has 2 aromatic rings. The van der Waals surface area contributed by atoms with Gasteiger partial charge in [-0.15, -0.1) is 0 Å². The number of hydrogen-bond acceptors (Lipinski definition) is 5. The van der Waals surface area contributed by atoms with Crippen LogP contribution in [0.3, 0.4) is 0 Å². The number of carbonyl (C=O) groups is 1. The van der Waals surface area contributed by atoms with Crippen LogP contribution in [0.25, 0.3) is 0 Å². The van der Waals surface area contributed by atoms with Crippen molar-refractivity contribution in [2.45, 2.75) is 38.6 Å². The second kappa shape index (κ2) is 8.75. The van der Waals surface area contributed by atoms with Crippen LogP contribution < -0.4 is 14.8 Å². The number of ether oxygens (including phenoxy) is 2. The zero-order valence-electron chi connectivity index (χ0n) is 16.2. The second-order valence-electron chi connectivity index (χ2n) is 6.68. The molecule has 1 N–H and O–H groups in total. The molecule has 0 saturated carbocycles. The summed E-state index contributed by atoms with van der Waals surface area (Å²) in [5, 5.41) is 3.27. The Morgan fingerprint density at radius 2 is 1.93 bits per heavy atom. The van der Waals surface area contributed by atoms with E-state index in [-0.39, 0.29) is 5.91 Å². The molecule has 2 heterocycles. The van der Waals surface area contributed by atoms with Crippen LogP contribution in [-0.2, 0) is 0 Å². The van der Waals surface area contributed by atoms with Gasteiger partial charge in [-0.05, 0) is 49.9 Å². The highest BCUT2D eigenvalue weighted by Gasteiger charge is 2.26. The standard InChI is InChI=1S/C21H27N3O3/c1-4-17-7-5-6-12-24(17)21(25)18-10-8-16(14-22-18)23-15-9-11-19(26-2)20(13-15)27-3/h8-11,13-14,17,23H,4-7,12H2,1-3H3. The Kier molecular flexibility index (Phi) is 6.16. The van der Waals surface area contributed by atoms with Crippen molar-refractivity contribution >= 4 is 17.3 Å². The Balaban J connectivity index is 1.71. The number of likely N-dealkylation sites (tertiary alicyclic amines) is 1. The van der Waals surface area contributed by atoms with Crippen LogP contribution in [0, 0.1) is 0 Å². The van der Waals surface area contributed by atoms with E-state index in [0.717, 1.165) is 37.2 Å². The molecular formula is C21H27N3O3. The van der Waals surface area contributed by atoms with Crippen molar-refractivity contribution in [3.05, 3.63) is 42.2 Å². The highest BCUT2D eigenvalue weighted by atomic mass is 16.5. The number of piperidine rings is 1. The fourth-order valence-corrected chi connectivity index (χ4v) is 3.51. The summed E-state index contributed by atoms with van der Waals surface area (Å²) < 4.78 is 10.6. The van der Waals surface area contributed by atoms with Gasteiger partial charge in [-0.2, -0.15) is 0 Å². The molecule has 0 bridgehead atoms. The number of nitrogens with one attached hydrogen (secondary N) is 1. The lowest BCUT2D eigenvalue weighted by Gasteiger charge is -2.35. The zero-order chi connectivity index (χ0) is 19.2. The number of pyridine rings is 1. The van der Waals surface area contributed by atoms with Gasteiger partial charge in [0, 0.05) is 24.3 Å². The second-order valence-corrected chi connectivity index (χ2v) is 6.68. The first kappa shape index (κ1) is 19.0. The van der Waals surface area contributed by atoms with E-state index >= 15 is 0 Å². The lowest BCUT2D eigenvalue weighted by Crippen LogP contribution is -2.43. The van der Waals surface area contributed by atoms with Crippen molar-refractivity contribution in [1.29, 1.82) is 0 Å². The maximum atomic E-state index is 12.8. The molecule has 6 nitrogen and oxygen atoms in total. The van der Waals surface area contributed by atoms with Gasteiger partial charge in [-0.1, -0.05) is 6.92 Å². The van der Waals surface area contributed by atoms with Gasteiger partial charge in [0.25, 0.3) is 5.91 Å². The number of amides is 1. The third-order valence-corrected chi connectivity index (χ3v) is 5.01. The van der Waals surface area contributed by atoms with E-state index in [1.54, 1.807) is 26.5 Å². The van der Waals surface area contributed by atoms with Crippen molar-refractivity contribution in [1.82, 2.24) is 9.88 Å². The Labute approximate surface area is 160 Å². The zero-order valence-corrected chi connectivity index (χ0v) is 16.2. The molecular weight excluding hydrogens is 342 g/mol. The predicted octanol–water partition coefficient (Wildman–Crippen LogP) is 4.25. The fraction of sp³-hybridized carbons (Fsp3) is 0.429. The van der Waals surface area contributed by atoms with Crippen LogP contribution in [0.5, 0.6) is 11.5 Å². The topological polar surface area (TPSA) is 63.7 Å². The van der Waals surface area contributed by atoms with Gasteiger partial charge in [-0.25, -0.2) is 4.98 Å². The Morgan fingerprint density at radius 3 is 2.59 bits per heavy atom. The summed E-state index contributed by atoms with van der Waals surface area (Å²) in [6.45, 7) is 2.96. The number of methoxy groups -OCH3 is 2. The molecule has 3 rings (SSSR count). The van der Waals surface area contributed by atoms with Gasteiger partial charge in [0.15, 0.2) is 11.5 Å². The largest absolute Gasteiger partial charge is 0.493 e. The van der Waals surface area contributed by atoms with Crippen LogP contribution in [0.4, 0.5) is 11.4 Å². The molecule has 0 spiro atoms. The summed E-state index contributed by atoms with van der Waals surface area (Å²) in [4.78, 5) is 19.2. The van der Waals surface area contributed by atoms with Crippen molar-refractivity contribution in [2.75, 3.05) is 26.1 Å². The number of benzene rings is 1. The highest BCUT2D eigenvalue weighted by molar-refractivity contribution is 5.92. The minimum absolute atomic E-state index is 0.0271. The normalized spacial score (nSPS) is 16.7.